The van der Waals surface area contributed by atoms with E-state index in [0.717, 1.165) is 0 Å². The Hall–Kier alpha value is -1.03. The van der Waals surface area contributed by atoms with Crippen LogP contribution in [0.5, 0.6) is 0 Å². The molecule has 0 aliphatic heterocycles. The zero-order valence-electron chi connectivity index (χ0n) is 15.3. The predicted octanol–water partition coefficient (Wildman–Crippen LogP) is 5.17. The third-order valence-electron chi connectivity index (χ3n) is 4.83. The molecule has 3 heteroatoms. The largest absolute Gasteiger partial charge is 0.395 e. The molecule has 0 fully saturated rings. The molecule has 24 heavy (non-hydrogen) atoms. The molecule has 0 aromatic heterocycles. The van der Waals surface area contributed by atoms with Crippen LogP contribution in [0.2, 0.25) is 18.6 Å². The molecule has 0 aliphatic carbocycles. The van der Waals surface area contributed by atoms with Crippen molar-refractivity contribution in [1.82, 2.24) is 0 Å². The first-order valence-electron chi connectivity index (χ1n) is 8.83. The summed E-state index contributed by atoms with van der Waals surface area (Å²) < 4.78 is 0. The molecule has 2 aromatic carbocycles. The molecular formula is C21H30OSSi. The van der Waals surface area contributed by atoms with Crippen LogP contribution in [0.4, 0.5) is 0 Å². The van der Waals surface area contributed by atoms with Gasteiger partial charge in [0.15, 0.2) is 0 Å². The summed E-state index contributed by atoms with van der Waals surface area (Å²) in [5.41, 5.74) is 0.537. The molecule has 0 unspecified atom stereocenters. The molecule has 0 saturated heterocycles. The molecular weight excluding hydrogens is 328 g/mol. The highest BCUT2D eigenvalue weighted by atomic mass is 32.2. The average Bonchev–Trinajstić information content (AvgIpc) is 2.59. The van der Waals surface area contributed by atoms with Crippen molar-refractivity contribution in [1.29, 1.82) is 0 Å². The zero-order valence-corrected chi connectivity index (χ0v) is 17.1. The van der Waals surface area contributed by atoms with Crippen LogP contribution in [0, 0.1) is 5.92 Å². The van der Waals surface area contributed by atoms with E-state index in [4.69, 9.17) is 0 Å². The van der Waals surface area contributed by atoms with Crippen molar-refractivity contribution in [2.24, 2.45) is 5.92 Å². The second-order valence-corrected chi connectivity index (χ2v) is 13.6. The lowest BCUT2D eigenvalue weighted by Crippen LogP contribution is -2.50. The van der Waals surface area contributed by atoms with Gasteiger partial charge in [0.25, 0.3) is 0 Å². The molecule has 2 atom stereocenters. The number of rotatable bonds is 8. The van der Waals surface area contributed by atoms with Gasteiger partial charge in [0.2, 0.25) is 0 Å². The van der Waals surface area contributed by atoms with E-state index >= 15 is 0 Å². The highest BCUT2D eigenvalue weighted by Gasteiger charge is 2.39. The summed E-state index contributed by atoms with van der Waals surface area (Å²) in [4.78, 5) is 1.25. The molecule has 0 heterocycles. The maximum atomic E-state index is 10.2. The molecule has 1 nitrogen and oxygen atoms in total. The minimum absolute atomic E-state index is 0.236. The summed E-state index contributed by atoms with van der Waals surface area (Å²) in [7, 11) is -1.69. The second kappa shape index (κ2) is 8.89. The molecule has 0 bridgehead atoms. The van der Waals surface area contributed by atoms with Crippen molar-refractivity contribution < 1.29 is 5.11 Å². The van der Waals surface area contributed by atoms with Crippen molar-refractivity contribution in [3.8, 4) is 0 Å². The van der Waals surface area contributed by atoms with Crippen LogP contribution in [-0.4, -0.2) is 25.0 Å². The summed E-state index contributed by atoms with van der Waals surface area (Å²) in [5, 5.41) is 11.9. The van der Waals surface area contributed by atoms with E-state index in [9.17, 15) is 5.11 Å². The van der Waals surface area contributed by atoms with Crippen LogP contribution in [0.3, 0.4) is 0 Å². The SMILES string of the molecule is CC(C)C[C@H]([C@H](CO)Sc1ccccc1)[Si](C)(C)c1ccccc1. The molecule has 2 aromatic rings. The van der Waals surface area contributed by atoms with Gasteiger partial charge < -0.3 is 5.11 Å². The van der Waals surface area contributed by atoms with Crippen LogP contribution < -0.4 is 5.19 Å². The number of thioether (sulfide) groups is 1. The number of aliphatic hydroxyl groups excluding tert-OH is 1. The van der Waals surface area contributed by atoms with Gasteiger partial charge in [-0.1, -0.05) is 80.7 Å². The summed E-state index contributed by atoms with van der Waals surface area (Å²) in [6, 6.07) is 21.4. The van der Waals surface area contributed by atoms with Gasteiger partial charge in [-0.15, -0.1) is 11.8 Å². The predicted molar refractivity (Wildman–Crippen MR) is 110 cm³/mol. The van der Waals surface area contributed by atoms with Gasteiger partial charge in [0.05, 0.1) is 14.7 Å². The molecule has 0 spiro atoms. The summed E-state index contributed by atoms with van der Waals surface area (Å²) in [6.45, 7) is 9.75. The van der Waals surface area contributed by atoms with E-state index in [1.165, 1.54) is 16.5 Å². The number of hydrogen-bond acceptors (Lipinski definition) is 2. The fourth-order valence-electron chi connectivity index (χ4n) is 3.42. The maximum Gasteiger partial charge on any atom is 0.0848 e. The fourth-order valence-corrected chi connectivity index (χ4v) is 9.24. The van der Waals surface area contributed by atoms with Gasteiger partial charge in [-0.25, -0.2) is 0 Å². The van der Waals surface area contributed by atoms with Gasteiger partial charge in [-0.3, -0.25) is 0 Å². The van der Waals surface area contributed by atoms with E-state index in [2.05, 4.69) is 81.5 Å². The molecule has 0 aliphatic rings. The highest BCUT2D eigenvalue weighted by molar-refractivity contribution is 8.00. The Bertz CT molecular complexity index is 598. The average molecular weight is 359 g/mol. The van der Waals surface area contributed by atoms with E-state index < -0.39 is 8.07 Å². The Kier molecular flexibility index (Phi) is 7.14. The first-order valence-corrected chi connectivity index (χ1v) is 12.8. The highest BCUT2D eigenvalue weighted by Crippen LogP contribution is 2.40. The lowest BCUT2D eigenvalue weighted by molar-refractivity contribution is 0.284. The molecule has 0 saturated carbocycles. The van der Waals surface area contributed by atoms with Crippen LogP contribution in [0.1, 0.15) is 20.3 Å². The van der Waals surface area contributed by atoms with Crippen molar-refractivity contribution in [2.45, 2.75) is 49.0 Å². The zero-order chi connectivity index (χ0) is 17.6. The minimum atomic E-state index is -1.69. The van der Waals surface area contributed by atoms with Crippen molar-refractivity contribution in [3.05, 3.63) is 60.7 Å². The van der Waals surface area contributed by atoms with Gasteiger partial charge in [0.1, 0.15) is 0 Å². The minimum Gasteiger partial charge on any atom is -0.395 e. The van der Waals surface area contributed by atoms with Crippen molar-refractivity contribution >= 4 is 25.0 Å². The molecule has 1 N–H and O–H groups in total. The third-order valence-corrected chi connectivity index (χ3v) is 10.7. The Morgan fingerprint density at radius 3 is 1.96 bits per heavy atom. The fraction of sp³-hybridized carbons (Fsp3) is 0.429. The van der Waals surface area contributed by atoms with E-state index in [1.54, 1.807) is 0 Å². The first-order chi connectivity index (χ1) is 11.4. The Balaban J connectivity index is 2.31. The molecule has 0 amide bonds. The molecule has 2 rings (SSSR count). The maximum absolute atomic E-state index is 10.2. The Labute approximate surface area is 152 Å². The second-order valence-electron chi connectivity index (χ2n) is 7.48. The number of benzene rings is 2. The van der Waals surface area contributed by atoms with Gasteiger partial charge in [0, 0.05) is 10.1 Å². The third kappa shape index (κ3) is 4.98. The van der Waals surface area contributed by atoms with E-state index in [1.807, 2.05) is 17.8 Å². The van der Waals surface area contributed by atoms with Gasteiger partial charge >= 0.3 is 0 Å². The van der Waals surface area contributed by atoms with Gasteiger partial charge in [-0.2, -0.15) is 0 Å². The normalized spacial score (nSPS) is 14.6. The monoisotopic (exact) mass is 358 g/mol. The van der Waals surface area contributed by atoms with E-state index in [0.29, 0.717) is 11.5 Å². The standard InChI is InChI=1S/C21H30OSSi/c1-17(2)15-21(24(3,4)19-13-9-6-10-14-19)20(16-22)23-18-11-7-5-8-12-18/h5-14,17,20-22H,15-16H2,1-4H3/t20-,21+/m0/s1. The number of aliphatic hydroxyl groups is 1. The van der Waals surface area contributed by atoms with Crippen molar-refractivity contribution in [2.75, 3.05) is 6.61 Å². The Morgan fingerprint density at radius 2 is 1.46 bits per heavy atom. The van der Waals surface area contributed by atoms with E-state index in [-0.39, 0.29) is 11.9 Å². The first kappa shape index (κ1) is 19.3. The smallest absolute Gasteiger partial charge is 0.0848 e. The number of hydrogen-bond donors (Lipinski definition) is 1. The summed E-state index contributed by atoms with van der Waals surface area (Å²) >= 11 is 1.85. The van der Waals surface area contributed by atoms with Crippen molar-refractivity contribution in [3.63, 3.8) is 0 Å². The summed E-state index contributed by atoms with van der Waals surface area (Å²) in [6.07, 6.45) is 1.17. The summed E-state index contributed by atoms with van der Waals surface area (Å²) in [5.74, 6) is 0.635. The Morgan fingerprint density at radius 1 is 0.917 bits per heavy atom. The van der Waals surface area contributed by atoms with Crippen LogP contribution in [0.15, 0.2) is 65.6 Å². The lowest BCUT2D eigenvalue weighted by Gasteiger charge is -2.39. The quantitative estimate of drug-likeness (QED) is 0.519. The topological polar surface area (TPSA) is 20.2 Å². The van der Waals surface area contributed by atoms with Crippen LogP contribution in [0.25, 0.3) is 0 Å². The van der Waals surface area contributed by atoms with Crippen LogP contribution in [-0.2, 0) is 0 Å². The van der Waals surface area contributed by atoms with Gasteiger partial charge in [-0.05, 0) is 30.0 Å². The van der Waals surface area contributed by atoms with Crippen LogP contribution >= 0.6 is 11.8 Å². The lowest BCUT2D eigenvalue weighted by atomic mass is 10.1. The molecule has 130 valence electrons. The molecule has 0 radical (unpaired) electrons.